The lowest BCUT2D eigenvalue weighted by atomic mass is 10.1. The molecule has 0 saturated heterocycles. The van der Waals surface area contributed by atoms with Crippen LogP contribution in [0.5, 0.6) is 11.5 Å². The van der Waals surface area contributed by atoms with Crippen molar-refractivity contribution in [3.8, 4) is 11.5 Å². The molecule has 0 bridgehead atoms. The van der Waals surface area contributed by atoms with Gasteiger partial charge in [0.25, 0.3) is 0 Å². The summed E-state index contributed by atoms with van der Waals surface area (Å²) in [5, 5.41) is 0. The van der Waals surface area contributed by atoms with E-state index in [9.17, 15) is 0 Å². The third-order valence-electron chi connectivity index (χ3n) is 4.82. The van der Waals surface area contributed by atoms with E-state index in [1.165, 1.54) is 22.4 Å². The second-order valence-corrected chi connectivity index (χ2v) is 7.46. The van der Waals surface area contributed by atoms with Crippen LogP contribution in [-0.4, -0.2) is 33.2 Å². The van der Waals surface area contributed by atoms with Crippen LogP contribution in [0.4, 0.5) is 5.69 Å². The maximum atomic E-state index is 5.40. The van der Waals surface area contributed by atoms with E-state index >= 15 is 0 Å². The van der Waals surface area contributed by atoms with Gasteiger partial charge in [0.15, 0.2) is 0 Å². The number of anilines is 1. The Morgan fingerprint density at radius 3 is 1.59 bits per heavy atom. The van der Waals surface area contributed by atoms with Gasteiger partial charge in [-0.2, -0.15) is 0 Å². The fourth-order valence-electron chi connectivity index (χ4n) is 3.40. The number of hydrogen-bond donors (Lipinski definition) is 0. The van der Waals surface area contributed by atoms with Crippen LogP contribution in [0.1, 0.15) is 16.7 Å². The fourth-order valence-corrected chi connectivity index (χ4v) is 3.40. The summed E-state index contributed by atoms with van der Waals surface area (Å²) in [6, 6.07) is 25.3. The van der Waals surface area contributed by atoms with E-state index in [0.29, 0.717) is 0 Å². The van der Waals surface area contributed by atoms with Gasteiger partial charge in [-0.25, -0.2) is 0 Å². The standard InChI is InChI=1S/C25H30N2O2/c1-26(2)17-20-11-13-23(14-12-20)27(18-21-7-5-9-24(15-21)28-3)19-22-8-6-10-25(16-22)29-4/h5-16H,17-19H2,1-4H3. The zero-order valence-electron chi connectivity index (χ0n) is 17.8. The van der Waals surface area contributed by atoms with Crippen LogP contribution in [0, 0.1) is 0 Å². The third-order valence-corrected chi connectivity index (χ3v) is 4.82. The van der Waals surface area contributed by atoms with Crippen LogP contribution in [0.2, 0.25) is 0 Å². The Kier molecular flexibility index (Phi) is 7.14. The van der Waals surface area contributed by atoms with Crippen molar-refractivity contribution in [2.45, 2.75) is 19.6 Å². The lowest BCUT2D eigenvalue weighted by molar-refractivity contribution is 0.402. The maximum Gasteiger partial charge on any atom is 0.119 e. The minimum absolute atomic E-state index is 0.793. The van der Waals surface area contributed by atoms with E-state index < -0.39 is 0 Å². The van der Waals surface area contributed by atoms with Crippen molar-refractivity contribution in [1.82, 2.24) is 4.90 Å². The predicted molar refractivity (Wildman–Crippen MR) is 120 cm³/mol. The molecule has 29 heavy (non-hydrogen) atoms. The van der Waals surface area contributed by atoms with Crippen LogP contribution in [-0.2, 0) is 19.6 Å². The van der Waals surface area contributed by atoms with Crippen molar-refractivity contribution in [2.24, 2.45) is 0 Å². The summed E-state index contributed by atoms with van der Waals surface area (Å²) in [6.45, 7) is 2.52. The molecule has 0 heterocycles. The smallest absolute Gasteiger partial charge is 0.119 e. The summed E-state index contributed by atoms with van der Waals surface area (Å²) in [4.78, 5) is 4.56. The van der Waals surface area contributed by atoms with Crippen molar-refractivity contribution in [3.05, 3.63) is 89.5 Å². The first-order valence-corrected chi connectivity index (χ1v) is 9.82. The first-order chi connectivity index (χ1) is 14.1. The van der Waals surface area contributed by atoms with Gasteiger partial charge < -0.3 is 19.3 Å². The van der Waals surface area contributed by atoms with E-state index in [-0.39, 0.29) is 0 Å². The number of methoxy groups -OCH3 is 2. The monoisotopic (exact) mass is 390 g/mol. The number of nitrogens with zero attached hydrogens (tertiary/aromatic N) is 2. The van der Waals surface area contributed by atoms with Crippen molar-refractivity contribution in [3.63, 3.8) is 0 Å². The first-order valence-electron chi connectivity index (χ1n) is 9.82. The van der Waals surface area contributed by atoms with E-state index in [4.69, 9.17) is 9.47 Å². The van der Waals surface area contributed by atoms with Crippen molar-refractivity contribution in [2.75, 3.05) is 33.2 Å². The van der Waals surface area contributed by atoms with Gasteiger partial charge in [-0.3, -0.25) is 0 Å². The molecule has 3 rings (SSSR count). The Bertz CT molecular complexity index is 857. The second kappa shape index (κ2) is 9.99. The average molecular weight is 391 g/mol. The van der Waals surface area contributed by atoms with Crippen LogP contribution in [0.25, 0.3) is 0 Å². The minimum Gasteiger partial charge on any atom is -0.497 e. The number of hydrogen-bond acceptors (Lipinski definition) is 4. The zero-order chi connectivity index (χ0) is 20.6. The van der Waals surface area contributed by atoms with Gasteiger partial charge in [0.1, 0.15) is 11.5 Å². The Balaban J connectivity index is 1.87. The first kappa shape index (κ1) is 20.7. The SMILES string of the molecule is COc1cccc(CN(Cc2cccc(OC)c2)c2ccc(CN(C)C)cc2)c1. The molecule has 0 spiro atoms. The predicted octanol–water partition coefficient (Wildman–Crippen LogP) is 4.97. The van der Waals surface area contributed by atoms with E-state index in [1.54, 1.807) is 14.2 Å². The molecule has 0 fully saturated rings. The lowest BCUT2D eigenvalue weighted by Crippen LogP contribution is -2.22. The minimum atomic E-state index is 0.793. The Morgan fingerprint density at radius 2 is 1.14 bits per heavy atom. The van der Waals surface area contributed by atoms with Crippen LogP contribution >= 0.6 is 0 Å². The van der Waals surface area contributed by atoms with E-state index in [2.05, 4.69) is 72.4 Å². The fraction of sp³-hybridized carbons (Fsp3) is 0.280. The van der Waals surface area contributed by atoms with Gasteiger partial charge in [0.05, 0.1) is 14.2 Å². The maximum absolute atomic E-state index is 5.40. The summed E-state index contributed by atoms with van der Waals surface area (Å²) >= 11 is 0. The zero-order valence-corrected chi connectivity index (χ0v) is 17.8. The van der Waals surface area contributed by atoms with E-state index in [0.717, 1.165) is 31.1 Å². The molecule has 152 valence electrons. The summed E-state index contributed by atoms with van der Waals surface area (Å²) in [5.74, 6) is 1.76. The highest BCUT2D eigenvalue weighted by molar-refractivity contribution is 5.49. The number of rotatable bonds is 9. The normalized spacial score (nSPS) is 10.8. The lowest BCUT2D eigenvalue weighted by Gasteiger charge is -2.26. The topological polar surface area (TPSA) is 24.9 Å². The molecule has 0 saturated carbocycles. The molecule has 3 aromatic carbocycles. The second-order valence-electron chi connectivity index (χ2n) is 7.46. The molecular formula is C25H30N2O2. The van der Waals surface area contributed by atoms with Gasteiger partial charge in [-0.15, -0.1) is 0 Å². The highest BCUT2D eigenvalue weighted by Gasteiger charge is 2.10. The summed E-state index contributed by atoms with van der Waals surface area (Å²) in [7, 11) is 7.59. The van der Waals surface area contributed by atoms with Crippen LogP contribution in [0.15, 0.2) is 72.8 Å². The quantitative estimate of drug-likeness (QED) is 0.515. The van der Waals surface area contributed by atoms with Gasteiger partial charge in [-0.1, -0.05) is 36.4 Å². The molecule has 0 aliphatic rings. The Morgan fingerprint density at radius 1 is 0.621 bits per heavy atom. The van der Waals surface area contributed by atoms with Crippen molar-refractivity contribution >= 4 is 5.69 Å². The van der Waals surface area contributed by atoms with Gasteiger partial charge in [-0.05, 0) is 67.2 Å². The van der Waals surface area contributed by atoms with Gasteiger partial charge in [0.2, 0.25) is 0 Å². The van der Waals surface area contributed by atoms with Crippen molar-refractivity contribution in [1.29, 1.82) is 0 Å². The molecule has 0 aromatic heterocycles. The molecule has 0 atom stereocenters. The van der Waals surface area contributed by atoms with Gasteiger partial charge in [0, 0.05) is 25.3 Å². The highest BCUT2D eigenvalue weighted by atomic mass is 16.5. The number of ether oxygens (including phenoxy) is 2. The molecule has 0 amide bonds. The molecule has 0 aliphatic heterocycles. The largest absolute Gasteiger partial charge is 0.497 e. The van der Waals surface area contributed by atoms with Gasteiger partial charge >= 0.3 is 0 Å². The molecule has 0 N–H and O–H groups in total. The molecule has 4 nitrogen and oxygen atoms in total. The van der Waals surface area contributed by atoms with E-state index in [1.807, 2.05) is 24.3 Å². The summed E-state index contributed by atoms with van der Waals surface area (Å²) in [5.41, 5.74) is 4.92. The van der Waals surface area contributed by atoms with Crippen molar-refractivity contribution < 1.29 is 9.47 Å². The Hall–Kier alpha value is -2.98. The average Bonchev–Trinajstić information content (AvgIpc) is 2.74. The molecule has 4 heteroatoms. The van der Waals surface area contributed by atoms with Crippen LogP contribution < -0.4 is 14.4 Å². The molecule has 0 radical (unpaired) electrons. The highest BCUT2D eigenvalue weighted by Crippen LogP contribution is 2.24. The Labute approximate surface area is 174 Å². The molecule has 0 unspecified atom stereocenters. The summed E-state index contributed by atoms with van der Waals surface area (Å²) in [6.07, 6.45) is 0. The summed E-state index contributed by atoms with van der Waals surface area (Å²) < 4.78 is 10.8. The number of benzene rings is 3. The third kappa shape index (κ3) is 6.00. The van der Waals surface area contributed by atoms with Crippen LogP contribution in [0.3, 0.4) is 0 Å². The molecule has 3 aromatic rings. The molecular weight excluding hydrogens is 360 g/mol. The molecule has 0 aliphatic carbocycles.